The largest absolute Gasteiger partial charge is 0.357 e. The molecule has 0 radical (unpaired) electrons. The van der Waals surface area contributed by atoms with Gasteiger partial charge in [0.25, 0.3) is 0 Å². The van der Waals surface area contributed by atoms with Crippen molar-refractivity contribution in [2.24, 2.45) is 0 Å². The van der Waals surface area contributed by atoms with Gasteiger partial charge in [0.05, 0.1) is 5.69 Å². The minimum Gasteiger partial charge on any atom is -0.357 e. The summed E-state index contributed by atoms with van der Waals surface area (Å²) in [5, 5.41) is 9.20. The summed E-state index contributed by atoms with van der Waals surface area (Å²) >= 11 is 0. The Balaban J connectivity index is 1.44. The average molecular weight is 369 g/mol. The number of terminal acetylenes is 1. The summed E-state index contributed by atoms with van der Waals surface area (Å²) < 4.78 is 2.31. The Hall–Kier alpha value is -3.13. The van der Waals surface area contributed by atoms with E-state index in [2.05, 4.69) is 48.8 Å². The predicted octanol–water partition coefficient (Wildman–Crippen LogP) is 3.52. The lowest BCUT2D eigenvalue weighted by molar-refractivity contribution is 0.477. The average Bonchev–Trinajstić information content (AvgIpc) is 3.09. The Morgan fingerprint density at radius 1 is 1.04 bits per heavy atom. The van der Waals surface area contributed by atoms with Gasteiger partial charge in [0.15, 0.2) is 0 Å². The third-order valence-corrected chi connectivity index (χ3v) is 5.92. The molecule has 0 N–H and O–H groups in total. The fourth-order valence-corrected chi connectivity index (χ4v) is 4.46. The number of anilines is 1. The zero-order valence-electron chi connectivity index (χ0n) is 15.9. The molecule has 1 saturated heterocycles. The molecule has 0 amide bonds. The van der Waals surface area contributed by atoms with Gasteiger partial charge in [0.2, 0.25) is 0 Å². The Labute approximate surface area is 165 Å². The molecule has 4 heterocycles. The topological polar surface area (TPSA) is 46.8 Å². The van der Waals surface area contributed by atoms with Crippen LogP contribution >= 0.6 is 0 Å². The van der Waals surface area contributed by atoms with Crippen LogP contribution in [0.1, 0.15) is 48.0 Å². The van der Waals surface area contributed by atoms with Gasteiger partial charge in [-0.05, 0) is 61.6 Å². The molecule has 5 nitrogen and oxygen atoms in total. The zero-order chi connectivity index (χ0) is 18.9. The number of fused-ring (bicyclic) bond motifs is 3. The maximum atomic E-state index is 5.61. The maximum absolute atomic E-state index is 5.61. The number of nitrogens with zero attached hydrogens (tertiary/aromatic N) is 5. The van der Waals surface area contributed by atoms with Gasteiger partial charge in [-0.3, -0.25) is 4.57 Å². The van der Waals surface area contributed by atoms with Crippen molar-refractivity contribution >= 4 is 5.82 Å². The molecule has 0 saturated carbocycles. The number of rotatable bonds is 2. The summed E-state index contributed by atoms with van der Waals surface area (Å²) in [6.07, 6.45) is 12.7. The third-order valence-electron chi connectivity index (χ3n) is 5.92. The molecule has 140 valence electrons. The first-order chi connectivity index (χ1) is 13.8. The summed E-state index contributed by atoms with van der Waals surface area (Å²) in [4.78, 5) is 6.86. The highest BCUT2D eigenvalue weighted by Gasteiger charge is 2.28. The van der Waals surface area contributed by atoms with Crippen LogP contribution in [-0.2, 0) is 12.8 Å². The molecular formula is C23H23N5. The number of hydrogen-bond acceptors (Lipinski definition) is 4. The predicted molar refractivity (Wildman–Crippen MR) is 110 cm³/mol. The fourth-order valence-electron chi connectivity index (χ4n) is 4.46. The molecule has 3 aromatic rings. The molecule has 2 aromatic heterocycles. The van der Waals surface area contributed by atoms with Gasteiger partial charge < -0.3 is 4.90 Å². The van der Waals surface area contributed by atoms with E-state index in [1.807, 2.05) is 24.4 Å². The fraction of sp³-hybridized carbons (Fsp3) is 0.348. The third kappa shape index (κ3) is 2.95. The Morgan fingerprint density at radius 2 is 1.93 bits per heavy atom. The number of aromatic nitrogens is 4. The standard InChI is InChI=1S/C23H23N5/c1-2-17-9-10-20-19(16-17)6-5-8-22-25-26-23(28(20)22)18-11-14-27(15-12-18)21-7-3-4-13-24-21/h1,3-4,7,9-10,13,16,18H,5-6,8,11-12,14-15H2. The number of pyridine rings is 1. The van der Waals surface area contributed by atoms with Gasteiger partial charge in [-0.15, -0.1) is 16.6 Å². The molecule has 2 aliphatic rings. The van der Waals surface area contributed by atoms with E-state index in [1.54, 1.807) is 0 Å². The first-order valence-electron chi connectivity index (χ1n) is 10.0. The van der Waals surface area contributed by atoms with Gasteiger partial charge in [0, 0.05) is 37.2 Å². The van der Waals surface area contributed by atoms with Crippen molar-refractivity contribution in [1.29, 1.82) is 0 Å². The highest BCUT2D eigenvalue weighted by molar-refractivity contribution is 5.50. The molecule has 0 aliphatic carbocycles. The van der Waals surface area contributed by atoms with Crippen LogP contribution in [0.25, 0.3) is 5.69 Å². The summed E-state index contributed by atoms with van der Waals surface area (Å²) in [6.45, 7) is 1.99. The highest BCUT2D eigenvalue weighted by Crippen LogP contribution is 2.33. The zero-order valence-corrected chi connectivity index (χ0v) is 15.9. The van der Waals surface area contributed by atoms with Gasteiger partial charge in [-0.25, -0.2) is 4.98 Å². The lowest BCUT2D eigenvalue weighted by atomic mass is 9.95. The van der Waals surface area contributed by atoms with Gasteiger partial charge in [-0.2, -0.15) is 0 Å². The number of piperidine rings is 1. The van der Waals surface area contributed by atoms with E-state index in [0.717, 1.165) is 68.2 Å². The summed E-state index contributed by atoms with van der Waals surface area (Å²) in [6, 6.07) is 12.4. The molecule has 28 heavy (non-hydrogen) atoms. The molecule has 1 fully saturated rings. The van der Waals surface area contributed by atoms with Crippen molar-refractivity contribution in [3.8, 4) is 18.0 Å². The van der Waals surface area contributed by atoms with Crippen LogP contribution in [0.2, 0.25) is 0 Å². The quantitative estimate of drug-likeness (QED) is 0.649. The summed E-state index contributed by atoms with van der Waals surface area (Å²) in [5.41, 5.74) is 3.46. The number of hydrogen-bond donors (Lipinski definition) is 0. The molecule has 0 bridgehead atoms. The first-order valence-corrected chi connectivity index (χ1v) is 10.0. The van der Waals surface area contributed by atoms with Crippen molar-refractivity contribution in [2.75, 3.05) is 18.0 Å². The second-order valence-electron chi connectivity index (χ2n) is 7.60. The van der Waals surface area contributed by atoms with Crippen LogP contribution in [-0.4, -0.2) is 32.8 Å². The smallest absolute Gasteiger partial charge is 0.140 e. The molecule has 1 aromatic carbocycles. The molecule has 0 spiro atoms. The SMILES string of the molecule is C#Cc1ccc2c(c1)CCCc1nnc(C3CCN(c4ccccn4)CC3)n1-2. The number of benzene rings is 1. The van der Waals surface area contributed by atoms with Crippen molar-refractivity contribution in [1.82, 2.24) is 19.7 Å². The number of aryl methyl sites for hydroxylation is 2. The summed E-state index contributed by atoms with van der Waals surface area (Å²) in [7, 11) is 0. The Bertz CT molecular complexity index is 1020. The van der Waals surface area contributed by atoms with Crippen molar-refractivity contribution in [2.45, 2.75) is 38.0 Å². The molecule has 5 rings (SSSR count). The van der Waals surface area contributed by atoms with E-state index in [0.29, 0.717) is 5.92 Å². The van der Waals surface area contributed by atoms with Crippen molar-refractivity contribution < 1.29 is 0 Å². The van der Waals surface area contributed by atoms with Crippen LogP contribution in [0.15, 0.2) is 42.6 Å². The second-order valence-corrected chi connectivity index (χ2v) is 7.60. The van der Waals surface area contributed by atoms with Crippen LogP contribution < -0.4 is 4.90 Å². The van der Waals surface area contributed by atoms with Gasteiger partial charge in [-0.1, -0.05) is 12.0 Å². The van der Waals surface area contributed by atoms with Crippen LogP contribution in [0.4, 0.5) is 5.82 Å². The molecule has 5 heteroatoms. The molecule has 0 atom stereocenters. The first kappa shape index (κ1) is 17.0. The molecule has 2 aliphatic heterocycles. The van der Waals surface area contributed by atoms with Crippen LogP contribution in [0.3, 0.4) is 0 Å². The monoisotopic (exact) mass is 369 g/mol. The van der Waals surface area contributed by atoms with Gasteiger partial charge in [0.1, 0.15) is 17.5 Å². The van der Waals surface area contributed by atoms with Crippen molar-refractivity contribution in [3.05, 3.63) is 65.4 Å². The van der Waals surface area contributed by atoms with Gasteiger partial charge >= 0.3 is 0 Å². The van der Waals surface area contributed by atoms with Crippen molar-refractivity contribution in [3.63, 3.8) is 0 Å². The van der Waals surface area contributed by atoms with E-state index in [1.165, 1.54) is 11.3 Å². The lowest BCUT2D eigenvalue weighted by Gasteiger charge is -2.32. The highest BCUT2D eigenvalue weighted by atomic mass is 15.3. The van der Waals surface area contributed by atoms with Crippen LogP contribution in [0, 0.1) is 12.3 Å². The maximum Gasteiger partial charge on any atom is 0.140 e. The molecular weight excluding hydrogens is 346 g/mol. The van der Waals surface area contributed by atoms with E-state index in [-0.39, 0.29) is 0 Å². The van der Waals surface area contributed by atoms with E-state index in [9.17, 15) is 0 Å². The minimum atomic E-state index is 0.416. The van der Waals surface area contributed by atoms with E-state index in [4.69, 9.17) is 6.42 Å². The normalized spacial score (nSPS) is 16.8. The summed E-state index contributed by atoms with van der Waals surface area (Å²) in [5.74, 6) is 6.42. The van der Waals surface area contributed by atoms with E-state index < -0.39 is 0 Å². The minimum absolute atomic E-state index is 0.416. The second kappa shape index (κ2) is 7.12. The Morgan fingerprint density at radius 3 is 2.71 bits per heavy atom. The van der Waals surface area contributed by atoms with Crippen LogP contribution in [0.5, 0.6) is 0 Å². The lowest BCUT2D eigenvalue weighted by Crippen LogP contribution is -2.34. The van der Waals surface area contributed by atoms with E-state index >= 15 is 0 Å². The molecule has 0 unspecified atom stereocenters. The Kier molecular flexibility index (Phi) is 4.32.